The number of hydrogen-bond acceptors (Lipinski definition) is 3. The zero-order chi connectivity index (χ0) is 9.68. The van der Waals surface area contributed by atoms with Crippen LogP contribution in [0.4, 0.5) is 0 Å². The summed E-state index contributed by atoms with van der Waals surface area (Å²) in [6.07, 6.45) is 2.62. The van der Waals surface area contributed by atoms with Gasteiger partial charge in [0.1, 0.15) is 12.2 Å². The Morgan fingerprint density at radius 2 is 2.38 bits per heavy atom. The molecule has 1 aromatic rings. The molecule has 1 aromatic heterocycles. The van der Waals surface area contributed by atoms with E-state index < -0.39 is 0 Å². The van der Waals surface area contributed by atoms with E-state index in [0.29, 0.717) is 5.92 Å². The summed E-state index contributed by atoms with van der Waals surface area (Å²) in [6.45, 7) is 6.23. The summed E-state index contributed by atoms with van der Waals surface area (Å²) in [4.78, 5) is 4.23. The number of hydrogen-bond donors (Lipinski definition) is 1. The maximum Gasteiger partial charge on any atom is 0.138 e. The normalized spacial score (nSPS) is 13.2. The van der Waals surface area contributed by atoms with Gasteiger partial charge in [0.15, 0.2) is 0 Å². The molecule has 0 radical (unpaired) electrons. The van der Waals surface area contributed by atoms with Crippen molar-refractivity contribution in [2.24, 2.45) is 5.92 Å². The van der Waals surface area contributed by atoms with E-state index in [2.05, 4.69) is 29.2 Å². The molecule has 0 aliphatic heterocycles. The van der Waals surface area contributed by atoms with Crippen LogP contribution in [0.1, 0.15) is 19.7 Å². The van der Waals surface area contributed by atoms with E-state index in [4.69, 9.17) is 0 Å². The average molecular weight is 182 g/mol. The summed E-state index contributed by atoms with van der Waals surface area (Å²) in [6, 6.07) is 0. The van der Waals surface area contributed by atoms with Crippen LogP contribution in [-0.4, -0.2) is 28.4 Å². The molecule has 0 aliphatic rings. The molecular weight excluding hydrogens is 164 g/mol. The summed E-state index contributed by atoms with van der Waals surface area (Å²) in [5.74, 6) is 1.70. The number of rotatable bonds is 5. The van der Waals surface area contributed by atoms with Gasteiger partial charge in [-0.3, -0.25) is 4.68 Å². The average Bonchev–Trinajstić information content (AvgIpc) is 2.52. The standard InChI is InChI=1S/C9H18N4/c1-4-13-9(11-7-12-13)5-8(2)6-10-3/h7-8,10H,4-6H2,1-3H3. The molecule has 0 aliphatic carbocycles. The highest BCUT2D eigenvalue weighted by Gasteiger charge is 2.07. The molecule has 0 saturated carbocycles. The van der Waals surface area contributed by atoms with Gasteiger partial charge in [0.2, 0.25) is 0 Å². The van der Waals surface area contributed by atoms with Gasteiger partial charge in [-0.05, 0) is 26.4 Å². The van der Waals surface area contributed by atoms with E-state index in [1.54, 1.807) is 6.33 Å². The van der Waals surface area contributed by atoms with Gasteiger partial charge >= 0.3 is 0 Å². The SMILES string of the molecule is CCn1ncnc1CC(C)CNC. The van der Waals surface area contributed by atoms with Gasteiger partial charge in [-0.25, -0.2) is 4.98 Å². The molecule has 1 unspecified atom stereocenters. The van der Waals surface area contributed by atoms with Crippen molar-refractivity contribution in [3.8, 4) is 0 Å². The molecule has 13 heavy (non-hydrogen) atoms. The Kier molecular flexibility index (Phi) is 3.89. The Hall–Kier alpha value is -0.900. The molecule has 1 N–H and O–H groups in total. The van der Waals surface area contributed by atoms with Gasteiger partial charge in [-0.2, -0.15) is 5.10 Å². The van der Waals surface area contributed by atoms with Crippen LogP contribution in [0.15, 0.2) is 6.33 Å². The van der Waals surface area contributed by atoms with Crippen LogP contribution in [0.5, 0.6) is 0 Å². The largest absolute Gasteiger partial charge is 0.319 e. The van der Waals surface area contributed by atoms with Gasteiger partial charge in [-0.1, -0.05) is 6.92 Å². The quantitative estimate of drug-likeness (QED) is 0.728. The number of nitrogens with one attached hydrogen (secondary N) is 1. The van der Waals surface area contributed by atoms with E-state index in [-0.39, 0.29) is 0 Å². The molecule has 0 fully saturated rings. The maximum atomic E-state index is 4.23. The Labute approximate surface area is 79.4 Å². The van der Waals surface area contributed by atoms with Crippen molar-refractivity contribution in [1.82, 2.24) is 20.1 Å². The minimum Gasteiger partial charge on any atom is -0.319 e. The fourth-order valence-corrected chi connectivity index (χ4v) is 1.44. The highest BCUT2D eigenvalue weighted by atomic mass is 15.3. The predicted molar refractivity (Wildman–Crippen MR) is 52.5 cm³/mol. The zero-order valence-electron chi connectivity index (χ0n) is 8.62. The smallest absolute Gasteiger partial charge is 0.138 e. The molecule has 0 spiro atoms. The summed E-state index contributed by atoms with van der Waals surface area (Å²) in [5.41, 5.74) is 0. The minimum atomic E-state index is 0.611. The topological polar surface area (TPSA) is 42.7 Å². The fraction of sp³-hybridized carbons (Fsp3) is 0.778. The summed E-state index contributed by atoms with van der Waals surface area (Å²) in [7, 11) is 1.97. The van der Waals surface area contributed by atoms with Crippen LogP contribution < -0.4 is 5.32 Å². The van der Waals surface area contributed by atoms with E-state index in [1.165, 1.54) is 0 Å². The second kappa shape index (κ2) is 4.97. The predicted octanol–water partition coefficient (Wildman–Crippen LogP) is 0.696. The molecule has 1 heterocycles. The lowest BCUT2D eigenvalue weighted by Crippen LogP contribution is -2.19. The van der Waals surface area contributed by atoms with E-state index in [9.17, 15) is 0 Å². The van der Waals surface area contributed by atoms with Crippen LogP contribution in [0.3, 0.4) is 0 Å². The summed E-state index contributed by atoms with van der Waals surface area (Å²) >= 11 is 0. The number of aryl methyl sites for hydroxylation is 1. The molecule has 1 rings (SSSR count). The van der Waals surface area contributed by atoms with E-state index >= 15 is 0 Å². The molecule has 4 heteroatoms. The first-order valence-electron chi connectivity index (χ1n) is 4.79. The van der Waals surface area contributed by atoms with Crippen LogP contribution in [0.2, 0.25) is 0 Å². The third kappa shape index (κ3) is 2.81. The van der Waals surface area contributed by atoms with E-state index in [0.717, 1.165) is 25.3 Å². The van der Waals surface area contributed by atoms with Crippen LogP contribution in [-0.2, 0) is 13.0 Å². The molecule has 0 bridgehead atoms. The van der Waals surface area contributed by atoms with Crippen molar-refractivity contribution in [1.29, 1.82) is 0 Å². The first-order chi connectivity index (χ1) is 6.27. The Balaban J connectivity index is 2.52. The second-order valence-electron chi connectivity index (χ2n) is 3.36. The Morgan fingerprint density at radius 1 is 1.62 bits per heavy atom. The van der Waals surface area contributed by atoms with Gasteiger partial charge in [-0.15, -0.1) is 0 Å². The second-order valence-corrected chi connectivity index (χ2v) is 3.36. The van der Waals surface area contributed by atoms with Gasteiger partial charge in [0, 0.05) is 13.0 Å². The fourth-order valence-electron chi connectivity index (χ4n) is 1.44. The van der Waals surface area contributed by atoms with Gasteiger partial charge < -0.3 is 5.32 Å². The van der Waals surface area contributed by atoms with Crippen LogP contribution >= 0.6 is 0 Å². The molecule has 0 amide bonds. The van der Waals surface area contributed by atoms with E-state index in [1.807, 2.05) is 11.7 Å². The molecule has 0 saturated heterocycles. The lowest BCUT2D eigenvalue weighted by Gasteiger charge is -2.09. The first-order valence-corrected chi connectivity index (χ1v) is 4.79. The van der Waals surface area contributed by atoms with Crippen molar-refractivity contribution in [3.05, 3.63) is 12.2 Å². The molecule has 1 atom stereocenters. The third-order valence-corrected chi connectivity index (χ3v) is 2.08. The third-order valence-electron chi connectivity index (χ3n) is 2.08. The lowest BCUT2D eigenvalue weighted by molar-refractivity contribution is 0.501. The van der Waals surface area contributed by atoms with Crippen LogP contribution in [0.25, 0.3) is 0 Å². The van der Waals surface area contributed by atoms with Gasteiger partial charge in [0.25, 0.3) is 0 Å². The first kappa shape index (κ1) is 10.2. The Bertz CT molecular complexity index is 244. The van der Waals surface area contributed by atoms with Crippen molar-refractivity contribution in [2.75, 3.05) is 13.6 Å². The highest BCUT2D eigenvalue weighted by molar-refractivity contribution is 4.86. The van der Waals surface area contributed by atoms with Crippen LogP contribution in [0, 0.1) is 5.92 Å². The Morgan fingerprint density at radius 3 is 3.00 bits per heavy atom. The molecular formula is C9H18N4. The highest BCUT2D eigenvalue weighted by Crippen LogP contribution is 2.04. The number of aromatic nitrogens is 3. The van der Waals surface area contributed by atoms with Gasteiger partial charge in [0.05, 0.1) is 0 Å². The van der Waals surface area contributed by atoms with Crippen molar-refractivity contribution < 1.29 is 0 Å². The minimum absolute atomic E-state index is 0.611. The summed E-state index contributed by atoms with van der Waals surface area (Å²) < 4.78 is 1.95. The molecule has 0 aromatic carbocycles. The summed E-state index contributed by atoms with van der Waals surface area (Å²) in [5, 5.41) is 7.29. The zero-order valence-corrected chi connectivity index (χ0v) is 8.62. The maximum absolute atomic E-state index is 4.23. The van der Waals surface area contributed by atoms with Crippen molar-refractivity contribution in [2.45, 2.75) is 26.8 Å². The molecule has 4 nitrogen and oxygen atoms in total. The lowest BCUT2D eigenvalue weighted by atomic mass is 10.1. The van der Waals surface area contributed by atoms with Crippen molar-refractivity contribution >= 4 is 0 Å². The molecule has 74 valence electrons. The number of nitrogens with zero attached hydrogens (tertiary/aromatic N) is 3. The van der Waals surface area contributed by atoms with Crippen molar-refractivity contribution in [3.63, 3.8) is 0 Å². The monoisotopic (exact) mass is 182 g/mol.